The van der Waals surface area contributed by atoms with E-state index in [2.05, 4.69) is 28.4 Å². The third-order valence-corrected chi connectivity index (χ3v) is 4.79. The highest BCUT2D eigenvalue weighted by molar-refractivity contribution is 6.00. The predicted molar refractivity (Wildman–Crippen MR) is 78.2 cm³/mol. The van der Waals surface area contributed by atoms with Crippen molar-refractivity contribution in [2.75, 3.05) is 6.54 Å². The van der Waals surface area contributed by atoms with Gasteiger partial charge in [0.25, 0.3) is 0 Å². The molecule has 0 unspecified atom stereocenters. The molecular formula is C17H18N2O2. The van der Waals surface area contributed by atoms with Gasteiger partial charge in [0, 0.05) is 18.7 Å². The van der Waals surface area contributed by atoms with Gasteiger partial charge in [-0.3, -0.25) is 9.59 Å². The third kappa shape index (κ3) is 1.97. The Morgan fingerprint density at radius 3 is 2.86 bits per heavy atom. The van der Waals surface area contributed by atoms with Crippen LogP contribution < -0.4 is 5.32 Å². The summed E-state index contributed by atoms with van der Waals surface area (Å²) in [6.45, 7) is 0.892. The smallest absolute Gasteiger partial charge is 0.226 e. The molecule has 4 rings (SSSR count). The number of hydrogen-bond donors (Lipinski definition) is 1. The number of nitrogens with one attached hydrogen (secondary N) is 1. The number of carbonyl (C=O) groups excluding carboxylic acids is 2. The number of carbonyl (C=O) groups is 2. The summed E-state index contributed by atoms with van der Waals surface area (Å²) in [6.07, 6.45) is 3.73. The SMILES string of the molecule is O=C1C[C@@H]2c3ccccc3CCN2C2=C(N1)C(=O)CCC2. The van der Waals surface area contributed by atoms with Crippen molar-refractivity contribution in [2.24, 2.45) is 0 Å². The van der Waals surface area contributed by atoms with Crippen LogP contribution in [-0.2, 0) is 16.0 Å². The molecule has 1 aromatic carbocycles. The van der Waals surface area contributed by atoms with Gasteiger partial charge in [-0.15, -0.1) is 0 Å². The van der Waals surface area contributed by atoms with E-state index in [1.54, 1.807) is 0 Å². The minimum atomic E-state index is -0.0399. The molecule has 2 aliphatic heterocycles. The molecule has 2 heterocycles. The molecule has 108 valence electrons. The Morgan fingerprint density at radius 2 is 1.95 bits per heavy atom. The van der Waals surface area contributed by atoms with Crippen LogP contribution in [0.3, 0.4) is 0 Å². The van der Waals surface area contributed by atoms with Crippen molar-refractivity contribution < 1.29 is 9.59 Å². The highest BCUT2D eigenvalue weighted by Crippen LogP contribution is 2.39. The molecule has 3 aliphatic rings. The molecule has 1 N–H and O–H groups in total. The van der Waals surface area contributed by atoms with Crippen molar-refractivity contribution in [1.29, 1.82) is 0 Å². The summed E-state index contributed by atoms with van der Waals surface area (Å²) in [4.78, 5) is 26.7. The Kier molecular flexibility index (Phi) is 2.84. The number of benzene rings is 1. The maximum atomic E-state index is 12.2. The zero-order valence-electron chi connectivity index (χ0n) is 11.9. The maximum absolute atomic E-state index is 12.2. The van der Waals surface area contributed by atoms with E-state index >= 15 is 0 Å². The Labute approximate surface area is 123 Å². The molecule has 0 saturated heterocycles. The quantitative estimate of drug-likeness (QED) is 0.792. The first kappa shape index (κ1) is 12.6. The number of amides is 1. The van der Waals surface area contributed by atoms with Gasteiger partial charge in [-0.05, 0) is 30.4 Å². The number of rotatable bonds is 0. The lowest BCUT2D eigenvalue weighted by Gasteiger charge is -2.40. The van der Waals surface area contributed by atoms with Gasteiger partial charge in [-0.25, -0.2) is 0 Å². The lowest BCUT2D eigenvalue weighted by molar-refractivity contribution is -0.123. The van der Waals surface area contributed by atoms with Gasteiger partial charge >= 0.3 is 0 Å². The molecule has 1 amide bonds. The predicted octanol–water partition coefficient (Wildman–Crippen LogP) is 2.07. The van der Waals surface area contributed by atoms with Gasteiger partial charge < -0.3 is 10.2 Å². The maximum Gasteiger partial charge on any atom is 0.226 e. The highest BCUT2D eigenvalue weighted by atomic mass is 16.2. The Bertz CT molecular complexity index is 663. The van der Waals surface area contributed by atoms with Crippen molar-refractivity contribution in [3.8, 4) is 0 Å². The van der Waals surface area contributed by atoms with Gasteiger partial charge in [-0.2, -0.15) is 0 Å². The number of hydrogen-bond acceptors (Lipinski definition) is 3. The van der Waals surface area contributed by atoms with E-state index in [0.717, 1.165) is 31.5 Å². The van der Waals surface area contributed by atoms with Crippen molar-refractivity contribution >= 4 is 11.7 Å². The van der Waals surface area contributed by atoms with Crippen LogP contribution in [0.4, 0.5) is 0 Å². The third-order valence-electron chi connectivity index (χ3n) is 4.79. The molecule has 1 aromatic rings. The van der Waals surface area contributed by atoms with E-state index in [9.17, 15) is 9.59 Å². The van der Waals surface area contributed by atoms with Crippen LogP contribution in [0.25, 0.3) is 0 Å². The topological polar surface area (TPSA) is 49.4 Å². The van der Waals surface area contributed by atoms with Gasteiger partial charge in [0.15, 0.2) is 5.78 Å². The Morgan fingerprint density at radius 1 is 1.10 bits per heavy atom. The molecule has 0 fully saturated rings. The van der Waals surface area contributed by atoms with Crippen molar-refractivity contribution in [3.05, 3.63) is 46.8 Å². The second-order valence-corrected chi connectivity index (χ2v) is 6.01. The van der Waals surface area contributed by atoms with Gasteiger partial charge in [0.1, 0.15) is 5.70 Å². The minimum absolute atomic E-state index is 0.0399. The van der Waals surface area contributed by atoms with E-state index in [1.807, 2.05) is 6.07 Å². The summed E-state index contributed by atoms with van der Waals surface area (Å²) in [5.74, 6) is 0.0473. The Balaban J connectivity index is 1.83. The average molecular weight is 282 g/mol. The Hall–Kier alpha value is -2.10. The molecule has 0 bridgehead atoms. The lowest BCUT2D eigenvalue weighted by atomic mass is 9.89. The summed E-state index contributed by atoms with van der Waals surface area (Å²) in [6, 6.07) is 8.44. The van der Waals surface area contributed by atoms with E-state index in [4.69, 9.17) is 0 Å². The first-order chi connectivity index (χ1) is 10.2. The molecule has 21 heavy (non-hydrogen) atoms. The molecule has 4 heteroatoms. The molecule has 0 radical (unpaired) electrons. The second-order valence-electron chi connectivity index (χ2n) is 6.01. The number of nitrogens with zero attached hydrogens (tertiary/aromatic N) is 1. The van der Waals surface area contributed by atoms with Crippen LogP contribution in [-0.4, -0.2) is 23.1 Å². The summed E-state index contributed by atoms with van der Waals surface area (Å²) in [5.41, 5.74) is 4.19. The van der Waals surface area contributed by atoms with Gasteiger partial charge in [-0.1, -0.05) is 24.3 Å². The fourth-order valence-corrected chi connectivity index (χ4v) is 3.82. The fraction of sp³-hybridized carbons (Fsp3) is 0.412. The summed E-state index contributed by atoms with van der Waals surface area (Å²) >= 11 is 0. The molecule has 1 atom stereocenters. The molecule has 0 saturated carbocycles. The largest absolute Gasteiger partial charge is 0.365 e. The lowest BCUT2D eigenvalue weighted by Crippen LogP contribution is -2.36. The molecular weight excluding hydrogens is 264 g/mol. The fourth-order valence-electron chi connectivity index (χ4n) is 3.82. The van der Waals surface area contributed by atoms with Gasteiger partial charge in [0.2, 0.25) is 5.91 Å². The molecule has 1 aliphatic carbocycles. The zero-order valence-corrected chi connectivity index (χ0v) is 11.9. The van der Waals surface area contributed by atoms with Crippen LogP contribution in [0.2, 0.25) is 0 Å². The normalized spacial score (nSPS) is 24.8. The van der Waals surface area contributed by atoms with Crippen molar-refractivity contribution in [1.82, 2.24) is 10.2 Å². The number of allylic oxidation sites excluding steroid dienone is 2. The summed E-state index contributed by atoms with van der Waals surface area (Å²) < 4.78 is 0. The number of fused-ring (bicyclic) bond motifs is 4. The molecule has 4 nitrogen and oxygen atoms in total. The first-order valence-electron chi connectivity index (χ1n) is 7.64. The van der Waals surface area contributed by atoms with E-state index in [0.29, 0.717) is 18.5 Å². The van der Waals surface area contributed by atoms with E-state index < -0.39 is 0 Å². The van der Waals surface area contributed by atoms with Crippen LogP contribution in [0.1, 0.15) is 42.9 Å². The molecule has 0 spiro atoms. The van der Waals surface area contributed by atoms with Crippen LogP contribution in [0.5, 0.6) is 0 Å². The highest BCUT2D eigenvalue weighted by Gasteiger charge is 2.37. The van der Waals surface area contributed by atoms with Crippen LogP contribution >= 0.6 is 0 Å². The number of Topliss-reactive ketones (excluding diaryl/α,β-unsaturated/α-hetero) is 1. The summed E-state index contributed by atoms with van der Waals surface area (Å²) in [5, 5.41) is 2.87. The van der Waals surface area contributed by atoms with Crippen molar-refractivity contribution in [2.45, 2.75) is 38.1 Å². The van der Waals surface area contributed by atoms with E-state index in [-0.39, 0.29) is 17.7 Å². The monoisotopic (exact) mass is 282 g/mol. The van der Waals surface area contributed by atoms with Gasteiger partial charge in [0.05, 0.1) is 12.5 Å². The standard InChI is InChI=1S/C17H18N2O2/c20-15-7-3-6-13-17(15)18-16(21)10-14-12-5-2-1-4-11(12)8-9-19(13)14/h1-2,4-5,14H,3,6-10H2,(H,18,21)/t14-/m1/s1. The van der Waals surface area contributed by atoms with Crippen molar-refractivity contribution in [3.63, 3.8) is 0 Å². The van der Waals surface area contributed by atoms with Crippen LogP contribution in [0.15, 0.2) is 35.7 Å². The second kappa shape index (κ2) is 4.72. The van der Waals surface area contributed by atoms with Crippen LogP contribution in [0, 0.1) is 0 Å². The average Bonchev–Trinajstić information content (AvgIpc) is 2.64. The summed E-state index contributed by atoms with van der Waals surface area (Å²) in [7, 11) is 0. The van der Waals surface area contributed by atoms with E-state index in [1.165, 1.54) is 11.1 Å². The zero-order chi connectivity index (χ0) is 14.4. The minimum Gasteiger partial charge on any atom is -0.365 e. The first-order valence-corrected chi connectivity index (χ1v) is 7.64. The molecule has 0 aromatic heterocycles. The number of ketones is 1.